The van der Waals surface area contributed by atoms with Crippen LogP contribution in [0.15, 0.2) is 15.8 Å². The molecule has 0 amide bonds. The highest BCUT2D eigenvalue weighted by Gasteiger charge is 2.56. The van der Waals surface area contributed by atoms with Gasteiger partial charge >= 0.3 is 5.69 Å². The second-order valence-corrected chi connectivity index (χ2v) is 5.20. The summed E-state index contributed by atoms with van der Waals surface area (Å²) in [4.78, 5) is 24.9. The van der Waals surface area contributed by atoms with Gasteiger partial charge in [-0.25, -0.2) is 4.79 Å². The molecular formula is C11H15N3O6. The van der Waals surface area contributed by atoms with E-state index >= 15 is 0 Å². The first-order chi connectivity index (χ1) is 9.41. The second kappa shape index (κ2) is 4.48. The van der Waals surface area contributed by atoms with E-state index in [1.165, 1.54) is 0 Å². The zero-order chi connectivity index (χ0) is 14.5. The number of aliphatic hydroxyl groups excluding tert-OH is 1. The van der Waals surface area contributed by atoms with Gasteiger partial charge in [0.05, 0.1) is 6.61 Å². The fourth-order valence-corrected chi connectivity index (χ4v) is 2.55. The van der Waals surface area contributed by atoms with Crippen LogP contribution < -0.4 is 11.2 Å². The van der Waals surface area contributed by atoms with E-state index in [0.29, 0.717) is 0 Å². The van der Waals surface area contributed by atoms with Crippen molar-refractivity contribution in [2.24, 2.45) is 0 Å². The Morgan fingerprint density at radius 1 is 1.40 bits per heavy atom. The van der Waals surface area contributed by atoms with E-state index in [2.05, 4.69) is 10.1 Å². The molecule has 3 heterocycles. The number of aromatic amines is 1. The highest BCUT2D eigenvalue weighted by Crippen LogP contribution is 2.41. The van der Waals surface area contributed by atoms with Gasteiger partial charge in [-0.3, -0.25) is 9.78 Å². The molecule has 0 unspecified atom stereocenters. The van der Waals surface area contributed by atoms with Crippen LogP contribution in [0.1, 0.15) is 20.1 Å². The second-order valence-electron chi connectivity index (χ2n) is 5.20. The van der Waals surface area contributed by atoms with E-state index in [0.717, 1.165) is 10.9 Å². The SMILES string of the molecule is CC1(C)O[C@@H]2[C@H](O1)[C@@H](CO)O[C@@H]2n1ncc(=O)[nH]c1=O. The van der Waals surface area contributed by atoms with Gasteiger partial charge in [-0.1, -0.05) is 0 Å². The number of aromatic nitrogens is 3. The van der Waals surface area contributed by atoms with Gasteiger partial charge in [-0.2, -0.15) is 9.78 Å². The van der Waals surface area contributed by atoms with E-state index in [4.69, 9.17) is 14.2 Å². The number of nitrogens with zero attached hydrogens (tertiary/aromatic N) is 2. The zero-order valence-electron chi connectivity index (χ0n) is 11.0. The third kappa shape index (κ3) is 2.08. The van der Waals surface area contributed by atoms with Crippen molar-refractivity contribution < 1.29 is 19.3 Å². The standard InChI is InChI=1S/C11H15N3O6/c1-11(2)19-7-5(4-15)18-9(8(7)20-11)14-10(17)13-6(16)3-12-14/h3,5,7-9,15H,4H2,1-2H3,(H,13,16,17)/t5-,7-,8-,9+/m1/s1. The van der Waals surface area contributed by atoms with Crippen molar-refractivity contribution in [2.75, 3.05) is 6.61 Å². The number of rotatable bonds is 2. The lowest BCUT2D eigenvalue weighted by Gasteiger charge is -2.23. The van der Waals surface area contributed by atoms with Gasteiger partial charge < -0.3 is 19.3 Å². The minimum Gasteiger partial charge on any atom is -0.394 e. The average molecular weight is 285 g/mol. The molecule has 2 aliphatic rings. The summed E-state index contributed by atoms with van der Waals surface area (Å²) in [6.45, 7) is 3.20. The monoisotopic (exact) mass is 285 g/mol. The van der Waals surface area contributed by atoms with Crippen LogP contribution in [0.2, 0.25) is 0 Å². The maximum absolute atomic E-state index is 11.8. The van der Waals surface area contributed by atoms with E-state index < -0.39 is 41.6 Å². The minimum absolute atomic E-state index is 0.269. The molecule has 4 atom stereocenters. The predicted octanol–water partition coefficient (Wildman–Crippen LogP) is -1.66. The van der Waals surface area contributed by atoms with Crippen molar-refractivity contribution in [3.05, 3.63) is 27.0 Å². The van der Waals surface area contributed by atoms with Gasteiger partial charge in [0.15, 0.2) is 12.0 Å². The summed E-state index contributed by atoms with van der Waals surface area (Å²) in [5.41, 5.74) is -1.29. The van der Waals surface area contributed by atoms with E-state index in [1.807, 2.05) is 0 Å². The lowest BCUT2D eigenvalue weighted by Crippen LogP contribution is -2.39. The van der Waals surface area contributed by atoms with E-state index in [1.54, 1.807) is 13.8 Å². The number of nitrogens with one attached hydrogen (secondary N) is 1. The van der Waals surface area contributed by atoms with Crippen LogP contribution in [-0.4, -0.2) is 50.6 Å². The molecule has 110 valence electrons. The van der Waals surface area contributed by atoms with Crippen molar-refractivity contribution in [1.29, 1.82) is 0 Å². The molecule has 0 aromatic carbocycles. The average Bonchev–Trinajstić information content (AvgIpc) is 2.83. The predicted molar refractivity (Wildman–Crippen MR) is 63.9 cm³/mol. The zero-order valence-corrected chi connectivity index (χ0v) is 11.0. The van der Waals surface area contributed by atoms with Gasteiger partial charge in [-0.15, -0.1) is 0 Å². The number of hydrogen-bond acceptors (Lipinski definition) is 7. The van der Waals surface area contributed by atoms with E-state index in [9.17, 15) is 14.7 Å². The maximum atomic E-state index is 11.8. The van der Waals surface area contributed by atoms with Gasteiger partial charge in [0, 0.05) is 0 Å². The maximum Gasteiger partial charge on any atom is 0.347 e. The van der Waals surface area contributed by atoms with Crippen LogP contribution in [0.3, 0.4) is 0 Å². The largest absolute Gasteiger partial charge is 0.394 e. The molecule has 9 heteroatoms. The Labute approximate surface area is 113 Å². The molecule has 0 spiro atoms. The topological polar surface area (TPSA) is 116 Å². The quantitative estimate of drug-likeness (QED) is 0.668. The van der Waals surface area contributed by atoms with Crippen molar-refractivity contribution in [1.82, 2.24) is 14.8 Å². The lowest BCUT2D eigenvalue weighted by atomic mass is 10.1. The Balaban J connectivity index is 1.98. The number of ether oxygens (including phenoxy) is 3. The number of hydrogen-bond donors (Lipinski definition) is 2. The Hall–Kier alpha value is -1.55. The first kappa shape index (κ1) is 13.4. The molecule has 0 radical (unpaired) electrons. The first-order valence-electron chi connectivity index (χ1n) is 6.21. The molecule has 0 aliphatic carbocycles. The molecule has 2 fully saturated rings. The Morgan fingerprint density at radius 3 is 2.75 bits per heavy atom. The van der Waals surface area contributed by atoms with Crippen molar-refractivity contribution >= 4 is 0 Å². The van der Waals surface area contributed by atoms with Crippen molar-refractivity contribution in [2.45, 2.75) is 44.2 Å². The summed E-state index contributed by atoms with van der Waals surface area (Å²) < 4.78 is 17.9. The molecule has 0 bridgehead atoms. The number of aliphatic hydroxyl groups is 1. The third-order valence-corrected chi connectivity index (χ3v) is 3.28. The fourth-order valence-electron chi connectivity index (χ4n) is 2.55. The summed E-state index contributed by atoms with van der Waals surface area (Å²) in [5, 5.41) is 13.1. The van der Waals surface area contributed by atoms with Crippen molar-refractivity contribution in [3.63, 3.8) is 0 Å². The molecule has 1 aromatic rings. The Morgan fingerprint density at radius 2 is 2.10 bits per heavy atom. The summed E-state index contributed by atoms with van der Waals surface area (Å²) in [7, 11) is 0. The third-order valence-electron chi connectivity index (χ3n) is 3.28. The number of H-pyrrole nitrogens is 1. The Bertz CT molecular complexity index is 623. The molecular weight excluding hydrogens is 270 g/mol. The fraction of sp³-hybridized carbons (Fsp3) is 0.727. The number of fused-ring (bicyclic) bond motifs is 1. The summed E-state index contributed by atoms with van der Waals surface area (Å²) >= 11 is 0. The molecule has 1 aromatic heterocycles. The van der Waals surface area contributed by atoms with Gasteiger partial charge in [0.2, 0.25) is 0 Å². The molecule has 20 heavy (non-hydrogen) atoms. The highest BCUT2D eigenvalue weighted by molar-refractivity contribution is 4.96. The molecule has 2 N–H and O–H groups in total. The molecule has 2 aliphatic heterocycles. The first-order valence-corrected chi connectivity index (χ1v) is 6.21. The van der Waals surface area contributed by atoms with Crippen LogP contribution in [0, 0.1) is 0 Å². The summed E-state index contributed by atoms with van der Waals surface area (Å²) in [6.07, 6.45) is -1.58. The molecule has 2 saturated heterocycles. The van der Waals surface area contributed by atoms with Crippen LogP contribution in [0.4, 0.5) is 0 Å². The van der Waals surface area contributed by atoms with Crippen LogP contribution in [0.25, 0.3) is 0 Å². The normalized spacial score (nSPS) is 35.1. The minimum atomic E-state index is -0.858. The lowest BCUT2D eigenvalue weighted by molar-refractivity contribution is -0.202. The van der Waals surface area contributed by atoms with Crippen LogP contribution >= 0.6 is 0 Å². The molecule has 9 nitrogen and oxygen atoms in total. The molecule has 0 saturated carbocycles. The van der Waals surface area contributed by atoms with Gasteiger partial charge in [0.25, 0.3) is 5.56 Å². The van der Waals surface area contributed by atoms with Gasteiger partial charge in [0.1, 0.15) is 24.5 Å². The van der Waals surface area contributed by atoms with Gasteiger partial charge in [-0.05, 0) is 13.8 Å². The van der Waals surface area contributed by atoms with Crippen LogP contribution in [-0.2, 0) is 14.2 Å². The van der Waals surface area contributed by atoms with Crippen LogP contribution in [0.5, 0.6) is 0 Å². The molecule has 3 rings (SSSR count). The smallest absolute Gasteiger partial charge is 0.347 e. The summed E-state index contributed by atoms with van der Waals surface area (Å²) in [6, 6.07) is 0. The summed E-state index contributed by atoms with van der Waals surface area (Å²) in [5.74, 6) is -0.837. The Kier molecular flexibility index (Phi) is 3.01. The van der Waals surface area contributed by atoms with Crippen molar-refractivity contribution in [3.8, 4) is 0 Å². The highest BCUT2D eigenvalue weighted by atomic mass is 16.8. The van der Waals surface area contributed by atoms with E-state index in [-0.39, 0.29) is 6.61 Å².